The van der Waals surface area contributed by atoms with E-state index in [1.807, 2.05) is 31.2 Å². The van der Waals surface area contributed by atoms with Crippen LogP contribution in [-0.4, -0.2) is 23.3 Å². The molecule has 0 saturated heterocycles. The van der Waals surface area contributed by atoms with Crippen LogP contribution in [0.4, 0.5) is 5.82 Å². The van der Waals surface area contributed by atoms with Crippen molar-refractivity contribution in [3.8, 4) is 17.0 Å². The molecule has 4 aromatic rings. The topological polar surface area (TPSA) is 77.2 Å². The molecule has 2 heterocycles. The van der Waals surface area contributed by atoms with Gasteiger partial charge in [-0.3, -0.25) is 4.79 Å². The molecule has 0 saturated carbocycles. The quantitative estimate of drug-likeness (QED) is 0.438. The molecule has 1 N–H and O–H groups in total. The lowest BCUT2D eigenvalue weighted by Gasteiger charge is -2.07. The van der Waals surface area contributed by atoms with Gasteiger partial charge in [-0.15, -0.1) is 11.3 Å². The summed E-state index contributed by atoms with van der Waals surface area (Å²) in [6.07, 6.45) is 0. The molecule has 6 nitrogen and oxygen atoms in total. The molecule has 0 atom stereocenters. The summed E-state index contributed by atoms with van der Waals surface area (Å²) in [7, 11) is 1.60. The van der Waals surface area contributed by atoms with Gasteiger partial charge < -0.3 is 10.1 Å². The average molecular weight is 434 g/mol. The molecule has 0 bridgehead atoms. The number of amides is 1. The lowest BCUT2D eigenvalue weighted by atomic mass is 10.1. The van der Waals surface area contributed by atoms with Gasteiger partial charge in [-0.05, 0) is 53.1 Å². The highest BCUT2D eigenvalue weighted by Crippen LogP contribution is 2.40. The van der Waals surface area contributed by atoms with E-state index in [1.54, 1.807) is 19.2 Å². The molecule has 0 unspecified atom stereocenters. The van der Waals surface area contributed by atoms with Crippen LogP contribution in [0.1, 0.15) is 15.2 Å². The standard InChI is InChI=1S/C19H13Cl2N3O3S/c1-9-8-10(26-2)6-7-11(9)16-18(24-27-23-16)22-19(25)17-15(21)14-12(20)4-3-5-13(14)28-17/h3-8H,1-2H3,(H,22,24,25). The van der Waals surface area contributed by atoms with Crippen LogP contribution in [0.25, 0.3) is 21.3 Å². The van der Waals surface area contributed by atoms with Crippen molar-refractivity contribution < 1.29 is 14.2 Å². The van der Waals surface area contributed by atoms with Gasteiger partial charge in [0.1, 0.15) is 10.6 Å². The summed E-state index contributed by atoms with van der Waals surface area (Å²) in [6.45, 7) is 1.91. The van der Waals surface area contributed by atoms with E-state index in [4.69, 9.17) is 32.6 Å². The van der Waals surface area contributed by atoms with Crippen molar-refractivity contribution in [3.63, 3.8) is 0 Å². The molecule has 0 aliphatic heterocycles. The zero-order valence-electron chi connectivity index (χ0n) is 14.7. The third-order valence-electron chi connectivity index (χ3n) is 4.22. The van der Waals surface area contributed by atoms with Gasteiger partial charge in [0.15, 0.2) is 5.69 Å². The Balaban J connectivity index is 1.68. The fourth-order valence-corrected chi connectivity index (χ4v) is 4.71. The summed E-state index contributed by atoms with van der Waals surface area (Å²) in [4.78, 5) is 13.2. The summed E-state index contributed by atoms with van der Waals surface area (Å²) in [5.41, 5.74) is 2.09. The van der Waals surface area contributed by atoms with E-state index in [1.165, 1.54) is 11.3 Å². The highest BCUT2D eigenvalue weighted by Gasteiger charge is 2.22. The van der Waals surface area contributed by atoms with E-state index in [-0.39, 0.29) is 5.82 Å². The van der Waals surface area contributed by atoms with E-state index in [0.29, 0.717) is 26.0 Å². The molecule has 2 aromatic heterocycles. The SMILES string of the molecule is COc1ccc(-c2nonc2NC(=O)c2sc3cccc(Cl)c3c2Cl)c(C)c1. The van der Waals surface area contributed by atoms with E-state index in [0.717, 1.165) is 21.6 Å². The van der Waals surface area contributed by atoms with Gasteiger partial charge in [0, 0.05) is 15.6 Å². The Morgan fingerprint density at radius 3 is 2.75 bits per heavy atom. The monoisotopic (exact) mass is 433 g/mol. The normalized spacial score (nSPS) is 11.0. The minimum absolute atomic E-state index is 0.206. The smallest absolute Gasteiger partial charge is 0.268 e. The maximum Gasteiger partial charge on any atom is 0.268 e. The molecule has 0 fully saturated rings. The van der Waals surface area contributed by atoms with Gasteiger partial charge in [-0.2, -0.15) is 0 Å². The number of thiophene rings is 1. The molecule has 0 spiro atoms. The number of carbonyl (C=O) groups excluding carboxylic acids is 1. The number of nitrogens with zero attached hydrogens (tertiary/aromatic N) is 2. The van der Waals surface area contributed by atoms with Crippen molar-refractivity contribution in [1.82, 2.24) is 10.3 Å². The van der Waals surface area contributed by atoms with Gasteiger partial charge in [0.05, 0.1) is 17.2 Å². The second-order valence-electron chi connectivity index (χ2n) is 5.95. The number of ether oxygens (including phenoxy) is 1. The molecule has 2 aromatic carbocycles. The van der Waals surface area contributed by atoms with Crippen molar-refractivity contribution in [1.29, 1.82) is 0 Å². The van der Waals surface area contributed by atoms with E-state index >= 15 is 0 Å². The van der Waals surface area contributed by atoms with Gasteiger partial charge in [0.25, 0.3) is 5.91 Å². The minimum Gasteiger partial charge on any atom is -0.497 e. The first-order valence-corrected chi connectivity index (χ1v) is 9.72. The van der Waals surface area contributed by atoms with Crippen LogP contribution >= 0.6 is 34.5 Å². The maximum absolute atomic E-state index is 12.8. The second kappa shape index (κ2) is 7.43. The maximum atomic E-state index is 12.8. The van der Waals surface area contributed by atoms with Crippen LogP contribution in [0.5, 0.6) is 5.75 Å². The zero-order chi connectivity index (χ0) is 19.8. The molecule has 0 aliphatic rings. The first-order chi connectivity index (χ1) is 13.5. The van der Waals surface area contributed by atoms with Crippen molar-refractivity contribution in [2.45, 2.75) is 6.92 Å². The molecule has 28 heavy (non-hydrogen) atoms. The Morgan fingerprint density at radius 1 is 1.21 bits per heavy atom. The first-order valence-electron chi connectivity index (χ1n) is 8.15. The summed E-state index contributed by atoms with van der Waals surface area (Å²) in [6, 6.07) is 10.9. The fraction of sp³-hybridized carbons (Fsp3) is 0.105. The van der Waals surface area contributed by atoms with Crippen LogP contribution in [0.2, 0.25) is 10.0 Å². The number of aromatic nitrogens is 2. The van der Waals surface area contributed by atoms with Crippen LogP contribution in [-0.2, 0) is 0 Å². The predicted molar refractivity (Wildman–Crippen MR) is 111 cm³/mol. The average Bonchev–Trinajstić information content (AvgIpc) is 3.26. The number of nitrogens with one attached hydrogen (secondary N) is 1. The Bertz CT molecular complexity index is 1200. The molecule has 0 aliphatic carbocycles. The van der Waals surface area contributed by atoms with Crippen LogP contribution < -0.4 is 10.1 Å². The number of rotatable bonds is 4. The third kappa shape index (κ3) is 3.22. The fourth-order valence-electron chi connectivity index (χ4n) is 2.86. The summed E-state index contributed by atoms with van der Waals surface area (Å²) < 4.78 is 10.9. The minimum atomic E-state index is -0.412. The lowest BCUT2D eigenvalue weighted by molar-refractivity contribution is 0.102. The number of aryl methyl sites for hydroxylation is 1. The summed E-state index contributed by atoms with van der Waals surface area (Å²) >= 11 is 13.9. The summed E-state index contributed by atoms with van der Waals surface area (Å²) in [5.74, 6) is 0.514. The van der Waals surface area contributed by atoms with Crippen molar-refractivity contribution in [2.24, 2.45) is 0 Å². The Kier molecular flexibility index (Phi) is 4.97. The Labute approximate surface area is 174 Å². The number of benzene rings is 2. The number of fused-ring (bicyclic) bond motifs is 1. The van der Waals surface area contributed by atoms with Gasteiger partial charge in [0.2, 0.25) is 5.82 Å². The molecular formula is C19H13Cl2N3O3S. The number of anilines is 1. The molecule has 0 radical (unpaired) electrons. The molecule has 4 rings (SSSR count). The second-order valence-corrected chi connectivity index (χ2v) is 7.79. The molecule has 1 amide bonds. The lowest BCUT2D eigenvalue weighted by Crippen LogP contribution is -2.11. The largest absolute Gasteiger partial charge is 0.497 e. The van der Waals surface area contributed by atoms with E-state index < -0.39 is 5.91 Å². The molecular weight excluding hydrogens is 421 g/mol. The van der Waals surface area contributed by atoms with Gasteiger partial charge in [-0.25, -0.2) is 4.63 Å². The van der Waals surface area contributed by atoms with E-state index in [2.05, 4.69) is 15.6 Å². The first kappa shape index (κ1) is 18.7. The van der Waals surface area contributed by atoms with Crippen molar-refractivity contribution >= 4 is 56.3 Å². The number of hydrogen-bond acceptors (Lipinski definition) is 6. The molecule has 9 heteroatoms. The van der Waals surface area contributed by atoms with Gasteiger partial charge in [-0.1, -0.05) is 29.3 Å². The highest BCUT2D eigenvalue weighted by molar-refractivity contribution is 7.21. The van der Waals surface area contributed by atoms with Crippen LogP contribution in [0.3, 0.4) is 0 Å². The predicted octanol–water partition coefficient (Wildman–Crippen LogP) is 5.83. The highest BCUT2D eigenvalue weighted by atomic mass is 35.5. The van der Waals surface area contributed by atoms with E-state index in [9.17, 15) is 4.79 Å². The molecule has 142 valence electrons. The van der Waals surface area contributed by atoms with Crippen molar-refractivity contribution in [2.75, 3.05) is 12.4 Å². The number of halogens is 2. The van der Waals surface area contributed by atoms with Gasteiger partial charge >= 0.3 is 0 Å². The zero-order valence-corrected chi connectivity index (χ0v) is 17.1. The van der Waals surface area contributed by atoms with Crippen LogP contribution in [0.15, 0.2) is 41.0 Å². The Hall–Kier alpha value is -2.61. The Morgan fingerprint density at radius 2 is 2.04 bits per heavy atom. The van der Waals surface area contributed by atoms with Crippen molar-refractivity contribution in [3.05, 3.63) is 56.9 Å². The number of hydrogen-bond donors (Lipinski definition) is 1. The number of carbonyl (C=O) groups is 1. The third-order valence-corrected chi connectivity index (χ3v) is 6.18. The number of methoxy groups -OCH3 is 1. The van der Waals surface area contributed by atoms with Crippen LogP contribution in [0, 0.1) is 6.92 Å². The summed E-state index contributed by atoms with van der Waals surface area (Å²) in [5, 5.41) is 12.0.